The molecular weight excluding hydrogens is 458 g/mol. The van der Waals surface area contributed by atoms with Crippen LogP contribution in [0.2, 0.25) is 0 Å². The molecule has 1 aliphatic heterocycles. The van der Waals surface area contributed by atoms with Crippen LogP contribution in [0.5, 0.6) is 0 Å². The summed E-state index contributed by atoms with van der Waals surface area (Å²) < 4.78 is 2.00. The van der Waals surface area contributed by atoms with Gasteiger partial charge in [0, 0.05) is 74.5 Å². The number of anilines is 1. The molecule has 0 radical (unpaired) electrons. The summed E-state index contributed by atoms with van der Waals surface area (Å²) >= 11 is 1.75. The number of rotatable bonds is 8. The molecule has 10 heteroatoms. The molecule has 2 aliphatic rings. The van der Waals surface area contributed by atoms with E-state index in [9.17, 15) is 0 Å². The van der Waals surface area contributed by atoms with Gasteiger partial charge in [0.25, 0.3) is 0 Å². The Morgan fingerprint density at radius 3 is 2.51 bits per heavy atom. The molecule has 0 atom stereocenters. The lowest BCUT2D eigenvalue weighted by atomic mass is 9.95. The third-order valence-corrected chi connectivity index (χ3v) is 7.68. The van der Waals surface area contributed by atoms with E-state index in [0.717, 1.165) is 73.2 Å². The molecule has 0 spiro atoms. The van der Waals surface area contributed by atoms with Gasteiger partial charge in [-0.15, -0.1) is 10.2 Å². The van der Waals surface area contributed by atoms with Crippen molar-refractivity contribution in [2.45, 2.75) is 56.5 Å². The highest BCUT2D eigenvalue weighted by Gasteiger charge is 2.29. The van der Waals surface area contributed by atoms with Crippen LogP contribution in [0.3, 0.4) is 0 Å². The van der Waals surface area contributed by atoms with Crippen molar-refractivity contribution < 1.29 is 0 Å². The van der Waals surface area contributed by atoms with Crippen molar-refractivity contribution in [2.24, 2.45) is 7.05 Å². The standard InChI is InChI=1S/C25H35N9S/c1-25(2,3)23-28-19(18-6-7-18)16-21(29-23)34-13-11-33(12-14-34)10-5-15-35-24-31-30-22(32(24)4)20-17-26-8-9-27-20/h8-9,16-18H,5-7,10-15H2,1-4H3. The first-order valence-electron chi connectivity index (χ1n) is 12.5. The van der Waals surface area contributed by atoms with Gasteiger partial charge in [-0.05, 0) is 25.8 Å². The second-order valence-corrected chi connectivity index (χ2v) is 11.5. The van der Waals surface area contributed by atoms with Gasteiger partial charge in [-0.25, -0.2) is 15.0 Å². The third-order valence-electron chi connectivity index (χ3n) is 6.57. The van der Waals surface area contributed by atoms with E-state index in [1.165, 1.54) is 18.5 Å². The molecule has 9 nitrogen and oxygen atoms in total. The van der Waals surface area contributed by atoms with E-state index in [1.807, 2.05) is 11.6 Å². The Bertz CT molecular complexity index is 1130. The van der Waals surface area contributed by atoms with Crippen LogP contribution in [0.4, 0.5) is 5.82 Å². The van der Waals surface area contributed by atoms with Crippen LogP contribution in [0, 0.1) is 0 Å². The van der Waals surface area contributed by atoms with Gasteiger partial charge in [0.1, 0.15) is 17.3 Å². The summed E-state index contributed by atoms with van der Waals surface area (Å²) in [6, 6.07) is 2.25. The Hall–Kier alpha value is -2.59. The smallest absolute Gasteiger partial charge is 0.191 e. The summed E-state index contributed by atoms with van der Waals surface area (Å²) in [5, 5.41) is 9.56. The molecule has 0 unspecified atom stereocenters. The first kappa shape index (κ1) is 24.1. The maximum absolute atomic E-state index is 4.97. The minimum atomic E-state index is -0.0306. The van der Waals surface area contributed by atoms with Gasteiger partial charge in [-0.3, -0.25) is 9.88 Å². The Morgan fingerprint density at radius 1 is 1.03 bits per heavy atom. The minimum absolute atomic E-state index is 0.0306. The highest BCUT2D eigenvalue weighted by atomic mass is 32.2. The van der Waals surface area contributed by atoms with E-state index in [1.54, 1.807) is 30.4 Å². The molecule has 1 aliphatic carbocycles. The lowest BCUT2D eigenvalue weighted by molar-refractivity contribution is 0.258. The SMILES string of the molecule is Cn1c(SCCCN2CCN(c3cc(C4CC4)nc(C(C)(C)C)n3)CC2)nnc1-c1cnccn1. The molecule has 5 rings (SSSR count). The van der Waals surface area contributed by atoms with Crippen molar-refractivity contribution >= 4 is 17.6 Å². The van der Waals surface area contributed by atoms with Gasteiger partial charge >= 0.3 is 0 Å². The summed E-state index contributed by atoms with van der Waals surface area (Å²) in [4.78, 5) is 23.3. The third kappa shape index (κ3) is 5.81. The van der Waals surface area contributed by atoms with Gasteiger partial charge in [-0.2, -0.15) is 0 Å². The summed E-state index contributed by atoms with van der Waals surface area (Å²) in [7, 11) is 1.98. The van der Waals surface area contributed by atoms with Crippen molar-refractivity contribution in [2.75, 3.05) is 43.4 Å². The van der Waals surface area contributed by atoms with E-state index in [4.69, 9.17) is 9.97 Å². The highest BCUT2D eigenvalue weighted by molar-refractivity contribution is 7.99. The van der Waals surface area contributed by atoms with Gasteiger partial charge in [0.15, 0.2) is 11.0 Å². The molecule has 3 aromatic heterocycles. The Morgan fingerprint density at radius 2 is 1.83 bits per heavy atom. The topological polar surface area (TPSA) is 88.8 Å². The molecule has 186 valence electrons. The normalized spacial score (nSPS) is 17.2. The number of hydrogen-bond acceptors (Lipinski definition) is 9. The molecule has 0 N–H and O–H groups in total. The van der Waals surface area contributed by atoms with Crippen LogP contribution in [-0.4, -0.2) is 78.1 Å². The quantitative estimate of drug-likeness (QED) is 0.345. The van der Waals surface area contributed by atoms with Crippen LogP contribution in [0.25, 0.3) is 11.5 Å². The Kier molecular flexibility index (Phi) is 7.02. The highest BCUT2D eigenvalue weighted by Crippen LogP contribution is 2.40. The van der Waals surface area contributed by atoms with E-state index in [2.05, 4.69) is 56.8 Å². The summed E-state index contributed by atoms with van der Waals surface area (Å²) in [6.07, 6.45) is 8.71. The van der Waals surface area contributed by atoms with E-state index in [-0.39, 0.29) is 5.41 Å². The lowest BCUT2D eigenvalue weighted by Crippen LogP contribution is -2.47. The van der Waals surface area contributed by atoms with Crippen molar-refractivity contribution in [3.05, 3.63) is 36.2 Å². The largest absolute Gasteiger partial charge is 0.354 e. The molecule has 0 amide bonds. The number of aromatic nitrogens is 7. The van der Waals surface area contributed by atoms with Crippen LogP contribution in [-0.2, 0) is 12.5 Å². The second-order valence-electron chi connectivity index (χ2n) is 10.5. The molecular formula is C25H35N9S. The molecule has 35 heavy (non-hydrogen) atoms. The molecule has 2 fully saturated rings. The minimum Gasteiger partial charge on any atom is -0.354 e. The predicted molar refractivity (Wildman–Crippen MR) is 139 cm³/mol. The van der Waals surface area contributed by atoms with E-state index in [0.29, 0.717) is 5.92 Å². The maximum Gasteiger partial charge on any atom is 0.191 e. The van der Waals surface area contributed by atoms with Gasteiger partial charge in [0.05, 0.1) is 6.20 Å². The van der Waals surface area contributed by atoms with Crippen LogP contribution in [0.1, 0.15) is 57.5 Å². The maximum atomic E-state index is 4.97. The van der Waals surface area contributed by atoms with Crippen molar-refractivity contribution in [3.63, 3.8) is 0 Å². The molecule has 1 saturated heterocycles. The molecule has 4 heterocycles. The summed E-state index contributed by atoms with van der Waals surface area (Å²) in [6.45, 7) is 11.9. The molecule has 0 aromatic carbocycles. The van der Waals surface area contributed by atoms with Crippen LogP contribution >= 0.6 is 11.8 Å². The zero-order valence-electron chi connectivity index (χ0n) is 21.2. The fourth-order valence-corrected chi connectivity index (χ4v) is 5.10. The van der Waals surface area contributed by atoms with Crippen LogP contribution in [0.15, 0.2) is 29.8 Å². The average Bonchev–Trinajstić information content (AvgIpc) is 3.65. The predicted octanol–water partition coefficient (Wildman–Crippen LogP) is 3.54. The molecule has 0 bridgehead atoms. The lowest BCUT2D eigenvalue weighted by Gasteiger charge is -2.36. The first-order valence-corrected chi connectivity index (χ1v) is 13.5. The molecule has 1 saturated carbocycles. The van der Waals surface area contributed by atoms with Gasteiger partial charge in [-0.1, -0.05) is 32.5 Å². The van der Waals surface area contributed by atoms with Gasteiger partial charge in [0.2, 0.25) is 0 Å². The zero-order valence-corrected chi connectivity index (χ0v) is 22.0. The number of nitrogens with zero attached hydrogens (tertiary/aromatic N) is 9. The van der Waals surface area contributed by atoms with Crippen molar-refractivity contribution in [1.29, 1.82) is 0 Å². The van der Waals surface area contributed by atoms with Crippen molar-refractivity contribution in [1.82, 2.24) is 39.6 Å². The second kappa shape index (κ2) is 10.2. The van der Waals surface area contributed by atoms with Crippen molar-refractivity contribution in [3.8, 4) is 11.5 Å². The number of thioether (sulfide) groups is 1. The zero-order chi connectivity index (χ0) is 24.4. The van der Waals surface area contributed by atoms with Gasteiger partial charge < -0.3 is 9.47 Å². The summed E-state index contributed by atoms with van der Waals surface area (Å²) in [5.41, 5.74) is 1.96. The van der Waals surface area contributed by atoms with Crippen LogP contribution < -0.4 is 4.90 Å². The monoisotopic (exact) mass is 493 g/mol. The van der Waals surface area contributed by atoms with E-state index >= 15 is 0 Å². The fourth-order valence-electron chi connectivity index (χ4n) is 4.27. The van der Waals surface area contributed by atoms with E-state index < -0.39 is 0 Å². The Labute approximate surface area is 211 Å². The Balaban J connectivity index is 1.10. The first-order chi connectivity index (χ1) is 16.9. The number of piperazine rings is 1. The fraction of sp³-hybridized carbons (Fsp3) is 0.600. The summed E-state index contributed by atoms with van der Waals surface area (Å²) in [5.74, 6) is 4.49. The molecule has 3 aromatic rings. The number of hydrogen-bond donors (Lipinski definition) is 0. The average molecular weight is 494 g/mol.